The molecule has 0 spiro atoms. The third-order valence-corrected chi connectivity index (χ3v) is 3.21. The van der Waals surface area contributed by atoms with Crippen LogP contribution in [0.2, 0.25) is 0 Å². The fourth-order valence-electron chi connectivity index (χ4n) is 1.84. The molecule has 1 aromatic rings. The summed E-state index contributed by atoms with van der Waals surface area (Å²) >= 11 is 5.56. The number of rotatable bonds is 5. The number of benzene rings is 1. The van der Waals surface area contributed by atoms with Gasteiger partial charge < -0.3 is 4.90 Å². The van der Waals surface area contributed by atoms with Crippen molar-refractivity contribution >= 4 is 17.5 Å². The lowest BCUT2D eigenvalue weighted by molar-refractivity contribution is -0.137. The van der Waals surface area contributed by atoms with Crippen LogP contribution in [0.3, 0.4) is 0 Å². The molecule has 0 aliphatic carbocycles. The van der Waals surface area contributed by atoms with Gasteiger partial charge in [0, 0.05) is 18.5 Å². The normalized spacial score (nSPS) is 11.8. The molecule has 118 valence electrons. The molecule has 0 saturated heterocycles. The summed E-state index contributed by atoms with van der Waals surface area (Å²) in [5, 5.41) is 0. The number of hydrogen-bond donors (Lipinski definition) is 0. The van der Waals surface area contributed by atoms with Crippen LogP contribution < -0.4 is 0 Å². The Bertz CT molecular complexity index is 502. The van der Waals surface area contributed by atoms with Crippen molar-refractivity contribution in [3.05, 3.63) is 35.1 Å². The van der Waals surface area contributed by atoms with Gasteiger partial charge in [-0.25, -0.2) is 4.39 Å². The predicted molar refractivity (Wildman–Crippen MR) is 72.9 cm³/mol. The standard InChI is InChI=1S/C14H16ClF4NO/c1-9(2)20(7-3-6-15)13(21)11-8-10(14(17,18)19)4-5-12(11)16/h4-5,8-9H,3,6-7H2,1-2H3. The number of nitrogens with zero attached hydrogens (tertiary/aromatic N) is 1. The molecule has 1 amide bonds. The smallest absolute Gasteiger partial charge is 0.336 e. The summed E-state index contributed by atoms with van der Waals surface area (Å²) in [5.41, 5.74) is -1.62. The summed E-state index contributed by atoms with van der Waals surface area (Å²) in [7, 11) is 0. The number of hydrogen-bond acceptors (Lipinski definition) is 1. The number of carbonyl (C=O) groups is 1. The maximum Gasteiger partial charge on any atom is 0.416 e. The summed E-state index contributed by atoms with van der Waals surface area (Å²) in [6.07, 6.45) is -4.15. The minimum Gasteiger partial charge on any atom is -0.336 e. The molecule has 0 radical (unpaired) electrons. The van der Waals surface area contributed by atoms with Gasteiger partial charge >= 0.3 is 6.18 Å². The molecule has 21 heavy (non-hydrogen) atoms. The molecule has 0 heterocycles. The van der Waals surface area contributed by atoms with Crippen LogP contribution in [-0.4, -0.2) is 29.3 Å². The van der Waals surface area contributed by atoms with Gasteiger partial charge in [-0.2, -0.15) is 13.2 Å². The zero-order valence-corrected chi connectivity index (χ0v) is 12.4. The molecule has 0 aliphatic heterocycles. The molecular weight excluding hydrogens is 310 g/mol. The minimum absolute atomic E-state index is 0.260. The first-order chi connectivity index (χ1) is 9.68. The van der Waals surface area contributed by atoms with Crippen LogP contribution in [0, 0.1) is 5.82 Å². The lowest BCUT2D eigenvalue weighted by Gasteiger charge is -2.27. The van der Waals surface area contributed by atoms with E-state index in [0.717, 1.165) is 0 Å². The van der Waals surface area contributed by atoms with Crippen molar-refractivity contribution in [1.29, 1.82) is 0 Å². The van der Waals surface area contributed by atoms with Crippen LogP contribution in [0.25, 0.3) is 0 Å². The Balaban J connectivity index is 3.15. The Morgan fingerprint density at radius 3 is 2.43 bits per heavy atom. The van der Waals surface area contributed by atoms with E-state index in [1.165, 1.54) is 4.90 Å². The molecule has 0 unspecified atom stereocenters. The lowest BCUT2D eigenvalue weighted by Crippen LogP contribution is -2.38. The monoisotopic (exact) mass is 325 g/mol. The van der Waals surface area contributed by atoms with Crippen LogP contribution in [0.15, 0.2) is 18.2 Å². The van der Waals surface area contributed by atoms with Crippen LogP contribution in [-0.2, 0) is 6.18 Å². The van der Waals surface area contributed by atoms with E-state index in [1.807, 2.05) is 0 Å². The number of halogens is 5. The second-order valence-corrected chi connectivity index (χ2v) is 5.21. The highest BCUT2D eigenvalue weighted by Crippen LogP contribution is 2.30. The first kappa shape index (κ1) is 17.8. The summed E-state index contributed by atoms with van der Waals surface area (Å²) in [6.45, 7) is 3.67. The van der Waals surface area contributed by atoms with Crippen LogP contribution in [0.5, 0.6) is 0 Å². The zero-order chi connectivity index (χ0) is 16.2. The highest BCUT2D eigenvalue weighted by atomic mass is 35.5. The predicted octanol–water partition coefficient (Wildman–Crippen LogP) is 4.32. The number of carbonyl (C=O) groups excluding carboxylic acids is 1. The summed E-state index contributed by atoms with van der Waals surface area (Å²) < 4.78 is 51.7. The van der Waals surface area contributed by atoms with E-state index >= 15 is 0 Å². The van der Waals surface area contributed by atoms with Crippen molar-refractivity contribution in [1.82, 2.24) is 4.90 Å². The molecule has 7 heteroatoms. The number of amides is 1. The Hall–Kier alpha value is -1.30. The minimum atomic E-state index is -4.62. The molecule has 0 aliphatic rings. The van der Waals surface area contributed by atoms with Gasteiger partial charge in [0.1, 0.15) is 5.82 Å². The van der Waals surface area contributed by atoms with Gasteiger partial charge in [0.2, 0.25) is 0 Å². The SMILES string of the molecule is CC(C)N(CCCCl)C(=O)c1cc(C(F)(F)F)ccc1F. The van der Waals surface area contributed by atoms with Crippen molar-refractivity contribution < 1.29 is 22.4 Å². The maximum atomic E-state index is 13.7. The Kier molecular flexibility index (Phi) is 6.01. The van der Waals surface area contributed by atoms with E-state index in [0.29, 0.717) is 30.5 Å². The molecule has 0 aromatic heterocycles. The van der Waals surface area contributed by atoms with Gasteiger partial charge in [0.15, 0.2) is 0 Å². The second-order valence-electron chi connectivity index (χ2n) is 4.83. The van der Waals surface area contributed by atoms with Gasteiger partial charge in [-0.3, -0.25) is 4.79 Å². The van der Waals surface area contributed by atoms with Crippen LogP contribution >= 0.6 is 11.6 Å². The second kappa shape index (κ2) is 7.11. The van der Waals surface area contributed by atoms with Crippen LogP contribution in [0.4, 0.5) is 17.6 Å². The molecule has 0 bridgehead atoms. The first-order valence-corrected chi connectivity index (χ1v) is 6.95. The molecule has 0 N–H and O–H groups in total. The first-order valence-electron chi connectivity index (χ1n) is 6.42. The molecule has 1 rings (SSSR count). The lowest BCUT2D eigenvalue weighted by atomic mass is 10.1. The fourth-order valence-corrected chi connectivity index (χ4v) is 1.96. The molecule has 0 saturated carbocycles. The maximum absolute atomic E-state index is 13.7. The Labute approximate surface area is 125 Å². The molecule has 0 fully saturated rings. The van der Waals surface area contributed by atoms with Gasteiger partial charge in [-0.05, 0) is 38.5 Å². The summed E-state index contributed by atoms with van der Waals surface area (Å²) in [5.74, 6) is -1.43. The van der Waals surface area contributed by atoms with E-state index in [-0.39, 0.29) is 12.6 Å². The topological polar surface area (TPSA) is 20.3 Å². The third-order valence-electron chi connectivity index (χ3n) is 2.94. The summed E-state index contributed by atoms with van der Waals surface area (Å²) in [4.78, 5) is 13.6. The molecular formula is C14H16ClF4NO. The van der Waals surface area contributed by atoms with Gasteiger partial charge in [0.05, 0.1) is 11.1 Å². The van der Waals surface area contributed by atoms with E-state index in [4.69, 9.17) is 11.6 Å². The van der Waals surface area contributed by atoms with E-state index in [1.54, 1.807) is 13.8 Å². The number of alkyl halides is 4. The molecule has 2 nitrogen and oxygen atoms in total. The average molecular weight is 326 g/mol. The van der Waals surface area contributed by atoms with Crippen LogP contribution in [0.1, 0.15) is 36.2 Å². The third kappa shape index (κ3) is 4.59. The van der Waals surface area contributed by atoms with E-state index in [2.05, 4.69) is 0 Å². The highest BCUT2D eigenvalue weighted by Gasteiger charge is 2.32. The average Bonchev–Trinajstić information content (AvgIpc) is 2.37. The van der Waals surface area contributed by atoms with Crippen molar-refractivity contribution in [2.45, 2.75) is 32.5 Å². The Morgan fingerprint density at radius 1 is 1.33 bits per heavy atom. The van der Waals surface area contributed by atoms with Crippen molar-refractivity contribution in [3.8, 4) is 0 Å². The largest absolute Gasteiger partial charge is 0.416 e. The van der Waals surface area contributed by atoms with Gasteiger partial charge in [-0.1, -0.05) is 0 Å². The van der Waals surface area contributed by atoms with Crippen molar-refractivity contribution in [2.24, 2.45) is 0 Å². The van der Waals surface area contributed by atoms with E-state index < -0.39 is 29.0 Å². The quantitative estimate of drug-likeness (QED) is 0.583. The van der Waals surface area contributed by atoms with Gasteiger partial charge in [-0.15, -0.1) is 11.6 Å². The molecule has 1 aromatic carbocycles. The van der Waals surface area contributed by atoms with Crippen molar-refractivity contribution in [3.63, 3.8) is 0 Å². The van der Waals surface area contributed by atoms with Gasteiger partial charge in [0.25, 0.3) is 5.91 Å². The molecule has 0 atom stereocenters. The van der Waals surface area contributed by atoms with Crippen molar-refractivity contribution in [2.75, 3.05) is 12.4 Å². The summed E-state index contributed by atoms with van der Waals surface area (Å²) in [6, 6.07) is 1.56. The highest BCUT2D eigenvalue weighted by molar-refractivity contribution is 6.17. The van der Waals surface area contributed by atoms with E-state index in [9.17, 15) is 22.4 Å². The fraction of sp³-hybridized carbons (Fsp3) is 0.500. The zero-order valence-electron chi connectivity index (χ0n) is 11.7. The Morgan fingerprint density at radius 2 is 1.95 bits per heavy atom.